The summed E-state index contributed by atoms with van der Waals surface area (Å²) in [5.74, 6) is -2.01. The van der Waals surface area contributed by atoms with Crippen molar-refractivity contribution < 1.29 is 46.3 Å². The average Bonchev–Trinajstić information content (AvgIpc) is 3.44. The Labute approximate surface area is 326 Å². The second-order valence-corrected chi connectivity index (χ2v) is 18.2. The van der Waals surface area contributed by atoms with Gasteiger partial charge < -0.3 is 34.3 Å². The monoisotopic (exact) mass is 797 g/mol. The molecule has 1 aliphatic heterocycles. The fourth-order valence-corrected chi connectivity index (χ4v) is 7.05. The summed E-state index contributed by atoms with van der Waals surface area (Å²) >= 11 is 0. The minimum Gasteiger partial charge on any atom is -0.497 e. The van der Waals surface area contributed by atoms with E-state index in [2.05, 4.69) is 22.4 Å². The van der Waals surface area contributed by atoms with Crippen LogP contribution in [0.2, 0.25) is 0 Å². The van der Waals surface area contributed by atoms with Crippen LogP contribution < -0.4 is 24.8 Å². The number of aromatic nitrogens is 2. The zero-order chi connectivity index (χ0) is 41.5. The summed E-state index contributed by atoms with van der Waals surface area (Å²) < 4.78 is 51.1. The summed E-state index contributed by atoms with van der Waals surface area (Å²) in [6, 6.07) is 6.56. The van der Waals surface area contributed by atoms with Gasteiger partial charge in [0, 0.05) is 38.1 Å². The van der Waals surface area contributed by atoms with Crippen molar-refractivity contribution in [1.82, 2.24) is 34.7 Å². The van der Waals surface area contributed by atoms with Crippen LogP contribution in [0.4, 0.5) is 4.79 Å². The highest BCUT2D eigenvalue weighted by Crippen LogP contribution is 2.45. The van der Waals surface area contributed by atoms with Crippen molar-refractivity contribution in [1.29, 1.82) is 0 Å². The summed E-state index contributed by atoms with van der Waals surface area (Å²) in [6.07, 6.45) is -0.166. The Bertz CT molecular complexity index is 2140. The number of ether oxygens (including phenoxy) is 3. The van der Waals surface area contributed by atoms with E-state index in [1.807, 2.05) is 22.9 Å². The lowest BCUT2D eigenvalue weighted by atomic mass is 9.85. The van der Waals surface area contributed by atoms with Crippen LogP contribution >= 0.6 is 0 Å². The number of hydrogen-bond donors (Lipinski definition) is 3. The Balaban J connectivity index is 1.52. The maximum Gasteiger partial charge on any atom is 0.408 e. The lowest BCUT2D eigenvalue weighted by molar-refractivity contribution is -0.143. The molecule has 2 aliphatic rings. The van der Waals surface area contributed by atoms with Gasteiger partial charge in [0.05, 0.1) is 19.3 Å². The molecule has 56 heavy (non-hydrogen) atoms. The van der Waals surface area contributed by atoms with Crippen molar-refractivity contribution in [3.63, 3.8) is 0 Å². The highest BCUT2D eigenvalue weighted by Gasteiger charge is 2.61. The minimum atomic E-state index is -4.21. The number of carbonyl (C=O) groups excluding carboxylic acids is 4. The van der Waals surface area contributed by atoms with Gasteiger partial charge in [-0.05, 0) is 51.7 Å². The van der Waals surface area contributed by atoms with Crippen LogP contribution in [0.3, 0.4) is 0 Å². The number of hydrogen-bond acceptors (Lipinski definition) is 12. The summed E-state index contributed by atoms with van der Waals surface area (Å²) in [4.78, 5) is 61.6. The highest BCUT2D eigenvalue weighted by molar-refractivity contribution is 7.87. The molecule has 5 atom stereocenters. The second-order valence-electron chi connectivity index (χ2n) is 16.3. The van der Waals surface area contributed by atoms with Gasteiger partial charge in [0.1, 0.15) is 46.3 Å². The van der Waals surface area contributed by atoms with Gasteiger partial charge in [0.2, 0.25) is 17.4 Å². The molecule has 2 fully saturated rings. The van der Waals surface area contributed by atoms with Gasteiger partial charge in [0.15, 0.2) is 5.75 Å². The lowest BCUT2D eigenvalue weighted by Crippen LogP contribution is -2.60. The molecule has 1 saturated heterocycles. The Morgan fingerprint density at radius 2 is 1.82 bits per heavy atom. The third-order valence-corrected chi connectivity index (χ3v) is 11.0. The third-order valence-electron chi connectivity index (χ3n) is 9.59. The molecule has 3 heterocycles. The van der Waals surface area contributed by atoms with E-state index in [1.165, 1.54) is 25.1 Å². The molecule has 2 aromatic heterocycles. The van der Waals surface area contributed by atoms with Gasteiger partial charge in [-0.15, -0.1) is 6.58 Å². The molecule has 304 valence electrons. The largest absolute Gasteiger partial charge is 0.497 e. The molecule has 18 heteroatoms. The molecule has 1 aromatic carbocycles. The van der Waals surface area contributed by atoms with Gasteiger partial charge in [-0.1, -0.05) is 44.1 Å². The number of alkyl carbamates (subject to hydrolysis) is 1. The first kappa shape index (κ1) is 41.9. The van der Waals surface area contributed by atoms with Crippen LogP contribution in [0.5, 0.6) is 11.5 Å². The van der Waals surface area contributed by atoms with Crippen molar-refractivity contribution in [3.8, 4) is 22.8 Å². The molecular weight excluding hydrogens is 747 g/mol. The van der Waals surface area contributed by atoms with Crippen LogP contribution in [-0.4, -0.2) is 109 Å². The van der Waals surface area contributed by atoms with E-state index in [0.717, 1.165) is 9.87 Å². The van der Waals surface area contributed by atoms with Gasteiger partial charge >= 0.3 is 16.3 Å². The smallest absolute Gasteiger partial charge is 0.408 e. The molecule has 3 N–H and O–H groups in total. The first-order chi connectivity index (χ1) is 26.0. The van der Waals surface area contributed by atoms with Gasteiger partial charge in [-0.25, -0.2) is 14.5 Å². The van der Waals surface area contributed by atoms with Gasteiger partial charge in [0.25, 0.3) is 5.91 Å². The van der Waals surface area contributed by atoms with Crippen LogP contribution in [0, 0.1) is 18.3 Å². The maximum absolute atomic E-state index is 14.6. The topological polar surface area (TPSA) is 212 Å². The molecule has 0 spiro atoms. The molecule has 1 saturated carbocycles. The van der Waals surface area contributed by atoms with Crippen molar-refractivity contribution >= 4 is 45.1 Å². The van der Waals surface area contributed by atoms with E-state index in [0.29, 0.717) is 22.7 Å². The fraction of sp³-hybridized carbons (Fsp3) is 0.526. The van der Waals surface area contributed by atoms with Crippen molar-refractivity contribution in [2.45, 2.75) is 90.6 Å². The predicted octanol–water partition coefficient (Wildman–Crippen LogP) is 3.48. The molecular formula is C38H51N7O10S. The van der Waals surface area contributed by atoms with E-state index in [4.69, 9.17) is 23.7 Å². The molecule has 5 rings (SSSR count). The first-order valence-corrected chi connectivity index (χ1v) is 19.5. The fourth-order valence-electron chi connectivity index (χ4n) is 6.45. The number of amides is 4. The van der Waals surface area contributed by atoms with Crippen LogP contribution in [0.15, 0.2) is 47.5 Å². The summed E-state index contributed by atoms with van der Waals surface area (Å²) in [7, 11) is -0.132. The number of pyridine rings is 1. The highest BCUT2D eigenvalue weighted by atomic mass is 32.2. The maximum atomic E-state index is 14.6. The third kappa shape index (κ3) is 8.91. The molecule has 17 nitrogen and oxygen atoms in total. The van der Waals surface area contributed by atoms with Gasteiger partial charge in [-0.2, -0.15) is 12.7 Å². The molecule has 4 amide bonds. The Hall–Kier alpha value is -5.23. The normalized spacial score (nSPS) is 21.6. The summed E-state index contributed by atoms with van der Waals surface area (Å²) in [5.41, 5.74) is -0.907. The van der Waals surface area contributed by atoms with Crippen molar-refractivity contribution in [2.24, 2.45) is 11.3 Å². The van der Waals surface area contributed by atoms with Gasteiger partial charge in [-0.3, -0.25) is 14.4 Å². The first-order valence-electron chi connectivity index (χ1n) is 18.1. The zero-order valence-electron chi connectivity index (χ0n) is 33.4. The summed E-state index contributed by atoms with van der Waals surface area (Å²) in [6.45, 7) is 15.7. The Morgan fingerprint density at radius 3 is 2.41 bits per heavy atom. The van der Waals surface area contributed by atoms with E-state index in [-0.39, 0.29) is 30.7 Å². The number of rotatable bonds is 12. The van der Waals surface area contributed by atoms with E-state index < -0.39 is 74.7 Å². The molecule has 0 radical (unpaired) electrons. The van der Waals surface area contributed by atoms with E-state index in [9.17, 15) is 27.6 Å². The van der Waals surface area contributed by atoms with E-state index in [1.54, 1.807) is 67.7 Å². The van der Waals surface area contributed by atoms with Crippen LogP contribution in [0.1, 0.15) is 60.1 Å². The molecule has 0 bridgehead atoms. The van der Waals surface area contributed by atoms with E-state index >= 15 is 0 Å². The minimum absolute atomic E-state index is 0.0568. The lowest BCUT2D eigenvalue weighted by Gasteiger charge is -2.36. The zero-order valence-corrected chi connectivity index (χ0v) is 34.2. The molecule has 1 aliphatic carbocycles. The Morgan fingerprint density at radius 1 is 1.12 bits per heavy atom. The Kier molecular flexibility index (Phi) is 11.5. The SMILES string of the molecule is C=C[C@@H]1C[C@]1(NC(=O)[C@H]1C[C@@H](Oc2cc(-c3cccc(OC)c3)nc3c(C)noc23)CN1C(=O)[C@@H](NC(=O)OC(C)(C)C)C(C)(C)C)C(=O)NS(=O)(=O)N(C)C. The summed E-state index contributed by atoms with van der Waals surface area (Å²) in [5, 5.41) is 9.53. The van der Waals surface area contributed by atoms with Crippen LogP contribution in [0.25, 0.3) is 22.4 Å². The average molecular weight is 798 g/mol. The standard InChI is InChI=1S/C38H51N7O10S/c1-12-23-19-38(23,34(48)43-56(50,51)44(9)10)41-32(46)27-17-25(20-45(27)33(47)31(36(3,4)5)40-35(49)54-37(6,7)8)53-28-18-26(22-14-13-15-24(16-22)52-11)39-29-21(2)42-55-30(28)29/h12-16,18,23,25,27,31H,1,17,19-20H2,2-11H3,(H,40,49)(H,41,46)(H,43,48)/t23-,25-,27-,31-,38-/m1/s1. The quantitative estimate of drug-likeness (QED) is 0.225. The number of nitrogens with one attached hydrogen (secondary N) is 3. The number of benzene rings is 1. The number of nitrogens with zero attached hydrogens (tertiary/aromatic N) is 4. The number of methoxy groups -OCH3 is 1. The number of aryl methyl sites for hydroxylation is 1. The van der Waals surface area contributed by atoms with Crippen LogP contribution in [-0.2, 0) is 29.3 Å². The number of carbonyl (C=O) groups is 4. The predicted molar refractivity (Wildman–Crippen MR) is 206 cm³/mol. The second kappa shape index (κ2) is 15.4. The van der Waals surface area contributed by atoms with Crippen molar-refractivity contribution in [3.05, 3.63) is 48.7 Å². The molecule has 0 unspecified atom stereocenters. The van der Waals surface area contributed by atoms with Crippen molar-refractivity contribution in [2.75, 3.05) is 27.7 Å². The molecule has 3 aromatic rings. The number of likely N-dealkylation sites (tertiary alicyclic amines) is 1. The number of fused-ring (bicyclic) bond motifs is 1.